The third-order valence-electron chi connectivity index (χ3n) is 4.97. The van der Waals surface area contributed by atoms with E-state index in [0.717, 1.165) is 29.1 Å². The van der Waals surface area contributed by atoms with Crippen LogP contribution in [0.25, 0.3) is 0 Å². The molecule has 1 saturated carbocycles. The van der Waals surface area contributed by atoms with E-state index in [1.165, 1.54) is 24.8 Å². The molecule has 1 aliphatic rings. The van der Waals surface area contributed by atoms with Gasteiger partial charge in [-0.1, -0.05) is 43.1 Å². The Morgan fingerprint density at radius 3 is 2.76 bits per heavy atom. The van der Waals surface area contributed by atoms with E-state index in [2.05, 4.69) is 54.2 Å². The number of likely N-dealkylation sites (N-methyl/N-ethyl adjacent to an activating group) is 1. The van der Waals surface area contributed by atoms with Gasteiger partial charge >= 0.3 is 0 Å². The van der Waals surface area contributed by atoms with Crippen molar-refractivity contribution in [1.82, 2.24) is 5.32 Å². The number of halogens is 1. The molecule has 0 aromatic heterocycles. The Kier molecular flexibility index (Phi) is 5.73. The van der Waals surface area contributed by atoms with Gasteiger partial charge in [-0.25, -0.2) is 0 Å². The van der Waals surface area contributed by atoms with E-state index < -0.39 is 0 Å². The molecule has 1 aromatic rings. The van der Waals surface area contributed by atoms with Gasteiger partial charge in [0.2, 0.25) is 0 Å². The Bertz CT molecular complexity index is 472. The van der Waals surface area contributed by atoms with Gasteiger partial charge in [0, 0.05) is 10.5 Å². The predicted octanol–water partition coefficient (Wildman–Crippen LogP) is 4.80. The molecule has 3 heteroatoms. The maximum atomic E-state index is 5.55. The average molecular weight is 354 g/mol. The zero-order valence-electron chi connectivity index (χ0n) is 13.7. The second kappa shape index (κ2) is 7.15. The largest absolute Gasteiger partial charge is 0.496 e. The van der Waals surface area contributed by atoms with E-state index in [9.17, 15) is 0 Å². The normalized spacial score (nSPS) is 22.2. The minimum atomic E-state index is 0.437. The molecule has 0 spiro atoms. The van der Waals surface area contributed by atoms with Crippen LogP contribution in [0.1, 0.15) is 45.6 Å². The standard InChI is InChI=1S/C18H28BrNO/c1-5-20-16(15-7-6-10-18(15,2)3)12-13-11-14(19)8-9-17(13)21-4/h8-9,11,15-16,20H,5-7,10,12H2,1-4H3. The van der Waals surface area contributed by atoms with Crippen molar-refractivity contribution in [2.75, 3.05) is 13.7 Å². The van der Waals surface area contributed by atoms with Crippen molar-refractivity contribution in [3.8, 4) is 5.75 Å². The third-order valence-corrected chi connectivity index (χ3v) is 5.47. The minimum Gasteiger partial charge on any atom is -0.496 e. The first kappa shape index (κ1) is 16.8. The van der Waals surface area contributed by atoms with E-state index in [-0.39, 0.29) is 0 Å². The van der Waals surface area contributed by atoms with Crippen LogP contribution in [0.3, 0.4) is 0 Å². The summed E-state index contributed by atoms with van der Waals surface area (Å²) >= 11 is 3.58. The van der Waals surface area contributed by atoms with Gasteiger partial charge < -0.3 is 10.1 Å². The number of hydrogen-bond acceptors (Lipinski definition) is 2. The molecular formula is C18H28BrNO. The van der Waals surface area contributed by atoms with Crippen LogP contribution in [0.5, 0.6) is 5.75 Å². The van der Waals surface area contributed by atoms with E-state index in [1.807, 2.05) is 6.07 Å². The van der Waals surface area contributed by atoms with Gasteiger partial charge in [-0.3, -0.25) is 0 Å². The van der Waals surface area contributed by atoms with Crippen molar-refractivity contribution in [3.05, 3.63) is 28.2 Å². The summed E-state index contributed by atoms with van der Waals surface area (Å²) in [6.45, 7) is 8.07. The summed E-state index contributed by atoms with van der Waals surface area (Å²) in [5, 5.41) is 3.73. The fourth-order valence-corrected chi connectivity index (χ4v) is 4.27. The van der Waals surface area contributed by atoms with Gasteiger partial charge in [-0.2, -0.15) is 0 Å². The highest BCUT2D eigenvalue weighted by Gasteiger charge is 2.39. The van der Waals surface area contributed by atoms with Crippen molar-refractivity contribution in [2.24, 2.45) is 11.3 Å². The lowest BCUT2D eigenvalue weighted by atomic mass is 9.76. The van der Waals surface area contributed by atoms with Crippen LogP contribution >= 0.6 is 15.9 Å². The van der Waals surface area contributed by atoms with Crippen LogP contribution in [0.15, 0.2) is 22.7 Å². The van der Waals surface area contributed by atoms with Crippen LogP contribution in [0, 0.1) is 11.3 Å². The summed E-state index contributed by atoms with van der Waals surface area (Å²) < 4.78 is 6.67. The first-order valence-corrected chi connectivity index (χ1v) is 8.83. The van der Waals surface area contributed by atoms with Crippen LogP contribution in [0.2, 0.25) is 0 Å². The van der Waals surface area contributed by atoms with E-state index in [0.29, 0.717) is 11.5 Å². The first-order chi connectivity index (χ1) is 9.97. The monoisotopic (exact) mass is 353 g/mol. The van der Waals surface area contributed by atoms with Crippen molar-refractivity contribution in [3.63, 3.8) is 0 Å². The Labute approximate surface area is 137 Å². The Morgan fingerprint density at radius 2 is 2.19 bits per heavy atom. The highest BCUT2D eigenvalue weighted by molar-refractivity contribution is 9.10. The second-order valence-electron chi connectivity index (χ2n) is 6.81. The smallest absolute Gasteiger partial charge is 0.122 e. The fraction of sp³-hybridized carbons (Fsp3) is 0.667. The Hall–Kier alpha value is -0.540. The maximum absolute atomic E-state index is 5.55. The lowest BCUT2D eigenvalue weighted by Crippen LogP contribution is -2.42. The maximum Gasteiger partial charge on any atom is 0.122 e. The second-order valence-corrected chi connectivity index (χ2v) is 7.73. The number of ether oxygens (including phenoxy) is 1. The zero-order valence-corrected chi connectivity index (χ0v) is 15.3. The van der Waals surface area contributed by atoms with Gasteiger partial charge in [-0.05, 0) is 60.9 Å². The van der Waals surface area contributed by atoms with Crippen molar-refractivity contribution in [2.45, 2.75) is 52.5 Å². The van der Waals surface area contributed by atoms with E-state index in [4.69, 9.17) is 4.74 Å². The molecule has 0 bridgehead atoms. The molecule has 1 N–H and O–H groups in total. The van der Waals surface area contributed by atoms with Crippen LogP contribution in [-0.2, 0) is 6.42 Å². The van der Waals surface area contributed by atoms with Gasteiger partial charge in [0.25, 0.3) is 0 Å². The quantitative estimate of drug-likeness (QED) is 0.792. The SMILES string of the molecule is CCNC(Cc1cc(Br)ccc1OC)C1CCCC1(C)C. The summed E-state index contributed by atoms with van der Waals surface area (Å²) in [6, 6.07) is 6.83. The number of benzene rings is 1. The minimum absolute atomic E-state index is 0.437. The molecular weight excluding hydrogens is 326 g/mol. The lowest BCUT2D eigenvalue weighted by molar-refractivity contribution is 0.196. The average Bonchev–Trinajstić information content (AvgIpc) is 2.78. The Morgan fingerprint density at radius 1 is 1.43 bits per heavy atom. The molecule has 0 amide bonds. The van der Waals surface area contributed by atoms with Crippen LogP contribution < -0.4 is 10.1 Å². The number of nitrogens with one attached hydrogen (secondary N) is 1. The van der Waals surface area contributed by atoms with Gasteiger partial charge in [0.05, 0.1) is 7.11 Å². The zero-order chi connectivity index (χ0) is 15.5. The molecule has 0 aliphatic heterocycles. The van der Waals surface area contributed by atoms with Crippen molar-refractivity contribution < 1.29 is 4.74 Å². The number of methoxy groups -OCH3 is 1. The molecule has 2 nitrogen and oxygen atoms in total. The van der Waals surface area contributed by atoms with E-state index in [1.54, 1.807) is 7.11 Å². The molecule has 1 aliphatic carbocycles. The van der Waals surface area contributed by atoms with Crippen LogP contribution in [-0.4, -0.2) is 19.7 Å². The molecule has 0 heterocycles. The van der Waals surface area contributed by atoms with Crippen LogP contribution in [0.4, 0.5) is 0 Å². The fourth-order valence-electron chi connectivity index (χ4n) is 3.86. The van der Waals surface area contributed by atoms with Gasteiger partial charge in [0.1, 0.15) is 5.75 Å². The Balaban J connectivity index is 2.22. The number of hydrogen-bond donors (Lipinski definition) is 1. The number of rotatable bonds is 6. The van der Waals surface area contributed by atoms with Crippen molar-refractivity contribution in [1.29, 1.82) is 0 Å². The van der Waals surface area contributed by atoms with E-state index >= 15 is 0 Å². The summed E-state index contributed by atoms with van der Waals surface area (Å²) in [5.41, 5.74) is 1.73. The highest BCUT2D eigenvalue weighted by atomic mass is 79.9. The molecule has 1 aromatic carbocycles. The first-order valence-electron chi connectivity index (χ1n) is 8.03. The molecule has 0 radical (unpaired) electrons. The van der Waals surface area contributed by atoms with Gasteiger partial charge in [-0.15, -0.1) is 0 Å². The molecule has 0 saturated heterocycles. The topological polar surface area (TPSA) is 21.3 Å². The molecule has 2 rings (SSSR count). The summed E-state index contributed by atoms with van der Waals surface area (Å²) in [5.74, 6) is 1.73. The molecule has 21 heavy (non-hydrogen) atoms. The predicted molar refractivity (Wildman–Crippen MR) is 93.0 cm³/mol. The highest BCUT2D eigenvalue weighted by Crippen LogP contribution is 2.45. The molecule has 1 fully saturated rings. The summed E-state index contributed by atoms with van der Waals surface area (Å²) in [6.07, 6.45) is 5.07. The molecule has 118 valence electrons. The summed E-state index contributed by atoms with van der Waals surface area (Å²) in [7, 11) is 1.76. The summed E-state index contributed by atoms with van der Waals surface area (Å²) in [4.78, 5) is 0. The molecule has 2 atom stereocenters. The van der Waals surface area contributed by atoms with Gasteiger partial charge in [0.15, 0.2) is 0 Å². The van der Waals surface area contributed by atoms with Crippen molar-refractivity contribution >= 4 is 15.9 Å². The lowest BCUT2D eigenvalue weighted by Gasteiger charge is -2.35. The third kappa shape index (κ3) is 4.01. The molecule has 2 unspecified atom stereocenters.